The zero-order valence-electron chi connectivity index (χ0n) is 85.4. The number of aliphatic hydroxyl groups excluding tert-OH is 1. The number of benzene rings is 6. The van der Waals surface area contributed by atoms with Crippen molar-refractivity contribution in [2.75, 3.05) is 20.3 Å². The second-order valence-corrected chi connectivity index (χ2v) is 39.8. The molecule has 0 fully saturated rings. The number of aromatic nitrogens is 2. The van der Waals surface area contributed by atoms with Gasteiger partial charge in [0.1, 0.15) is 95.0 Å². The maximum atomic E-state index is 16.4. The number of carboxylic acids is 1. The Hall–Kier alpha value is -13.9. The molecule has 1 heterocycles. The number of aliphatic carboxylic acids is 1. The van der Waals surface area contributed by atoms with Crippen LogP contribution in [0.3, 0.4) is 0 Å². The number of carbonyl (C=O) groups is 14. The van der Waals surface area contributed by atoms with Gasteiger partial charge in [-0.25, -0.2) is 14.6 Å². The van der Waals surface area contributed by atoms with Crippen LogP contribution in [0.25, 0.3) is 0 Å². The van der Waals surface area contributed by atoms with Gasteiger partial charge in [0, 0.05) is 50.4 Å². The van der Waals surface area contributed by atoms with Gasteiger partial charge in [-0.1, -0.05) is 174 Å². The summed E-state index contributed by atoms with van der Waals surface area (Å²) in [6.45, 7) is 35.5. The van der Waals surface area contributed by atoms with Crippen LogP contribution in [-0.4, -0.2) is 229 Å². The number of carbonyl (C=O) groups excluding carboxylic acids is 13. The van der Waals surface area contributed by atoms with Crippen molar-refractivity contribution in [1.29, 1.82) is 0 Å². The summed E-state index contributed by atoms with van der Waals surface area (Å²) in [5, 5.41) is 48.4. The highest BCUT2D eigenvalue weighted by molar-refractivity contribution is 5.99. The van der Waals surface area contributed by atoms with Crippen LogP contribution >= 0.6 is 0 Å². The number of aliphatic hydroxyl groups is 1. The van der Waals surface area contributed by atoms with Crippen molar-refractivity contribution in [3.05, 3.63) is 228 Å². The first-order valence-electron chi connectivity index (χ1n) is 47.5. The Balaban J connectivity index is 1.25. The molecule has 0 aliphatic rings. The fourth-order valence-corrected chi connectivity index (χ4v) is 15.8. The van der Waals surface area contributed by atoms with E-state index >= 15 is 38.4 Å². The van der Waals surface area contributed by atoms with E-state index in [1.54, 1.807) is 178 Å². The van der Waals surface area contributed by atoms with E-state index in [9.17, 15) is 39.0 Å². The maximum Gasteiger partial charge on any atom is 0.408 e. The molecule has 0 unspecified atom stereocenters. The number of imidazole rings is 1. The lowest BCUT2D eigenvalue weighted by molar-refractivity contribution is -0.155. The van der Waals surface area contributed by atoms with Crippen molar-refractivity contribution in [2.24, 2.45) is 11.8 Å². The topological polar surface area (TPSA) is 485 Å². The molecule has 13 atom stereocenters. The molecule has 7 rings (SSSR count). The molecule has 0 spiro atoms. The van der Waals surface area contributed by atoms with Crippen molar-refractivity contribution in [3.8, 4) is 17.2 Å². The first kappa shape index (κ1) is 115. The summed E-state index contributed by atoms with van der Waals surface area (Å²) < 4.78 is 42.4. The lowest BCUT2D eigenvalue weighted by Gasteiger charge is -2.37. The van der Waals surface area contributed by atoms with Gasteiger partial charge in [-0.05, 0) is 188 Å². The van der Waals surface area contributed by atoms with Gasteiger partial charge in [0.25, 0.3) is 0 Å². The molecule has 6 aromatic carbocycles. The Bertz CT molecular complexity index is 5320. The minimum atomic E-state index is -2.04. The van der Waals surface area contributed by atoms with Crippen molar-refractivity contribution in [1.82, 2.24) is 67.6 Å². The van der Waals surface area contributed by atoms with Crippen LogP contribution in [0.5, 0.6) is 17.2 Å². The Morgan fingerprint density at radius 1 is 0.493 bits per heavy atom. The third-order valence-electron chi connectivity index (χ3n) is 22.2. The molecule has 36 nitrogen and oxygen atoms in total. The molecular formula is C106H143N13O23. The maximum absolute atomic E-state index is 16.4. The molecule has 770 valence electrons. The van der Waals surface area contributed by atoms with Gasteiger partial charge in [-0.15, -0.1) is 0 Å². The van der Waals surface area contributed by atoms with Gasteiger partial charge in [0.15, 0.2) is 6.04 Å². The molecule has 0 saturated carbocycles. The Morgan fingerprint density at radius 2 is 0.972 bits per heavy atom. The number of nitrogens with one attached hydrogen (secondary N) is 10. The molecule has 7 aromatic rings. The summed E-state index contributed by atoms with van der Waals surface area (Å²) in [7, 11) is 1.36. The average Bonchev–Trinajstić information content (AvgIpc) is 1.36. The number of nitrogens with zero attached hydrogens (tertiary/aromatic N) is 3. The summed E-state index contributed by atoms with van der Waals surface area (Å²) in [5.41, 5.74) is -0.966. The van der Waals surface area contributed by atoms with Gasteiger partial charge in [-0.3, -0.25) is 57.5 Å². The van der Waals surface area contributed by atoms with Crippen molar-refractivity contribution in [3.63, 3.8) is 0 Å². The lowest BCUT2D eigenvalue weighted by atomic mass is 9.77. The highest BCUT2D eigenvalue weighted by Crippen LogP contribution is 2.41. The van der Waals surface area contributed by atoms with Crippen molar-refractivity contribution < 1.29 is 110 Å². The zero-order valence-corrected chi connectivity index (χ0v) is 85.4. The van der Waals surface area contributed by atoms with Crippen LogP contribution in [0.15, 0.2) is 189 Å². The fraction of sp³-hybridized carbons (Fsp3) is 0.481. The van der Waals surface area contributed by atoms with Crippen molar-refractivity contribution >= 4 is 83.1 Å². The highest BCUT2D eigenvalue weighted by atomic mass is 16.6. The summed E-state index contributed by atoms with van der Waals surface area (Å²) >= 11 is 0. The van der Waals surface area contributed by atoms with Crippen LogP contribution in [0.4, 0.5) is 4.79 Å². The monoisotopic (exact) mass is 1970 g/mol. The average molecular weight is 1970 g/mol. The molecule has 12 N–H and O–H groups in total. The Labute approximate surface area is 831 Å². The first-order valence-corrected chi connectivity index (χ1v) is 47.5. The predicted octanol–water partition coefficient (Wildman–Crippen LogP) is 9.25. The number of hydrogen-bond acceptors (Lipinski definition) is 23. The number of rotatable bonds is 50. The lowest BCUT2D eigenvalue weighted by Crippen LogP contribution is -2.63. The first-order chi connectivity index (χ1) is 66.6. The summed E-state index contributed by atoms with van der Waals surface area (Å²) in [6, 6.07) is 32.0. The Morgan fingerprint density at radius 3 is 1.47 bits per heavy atom. The van der Waals surface area contributed by atoms with Crippen LogP contribution in [-0.2, 0) is 113 Å². The number of methoxy groups -OCH3 is 1. The molecule has 1 aromatic heterocycles. The van der Waals surface area contributed by atoms with Gasteiger partial charge < -0.3 is 106 Å². The van der Waals surface area contributed by atoms with Crippen LogP contribution in [0, 0.1) is 11.8 Å². The molecule has 0 aliphatic heterocycles. The number of carboxylic acid groups (broad SMARTS) is 1. The minimum Gasteiger partial charge on any atom is -0.497 e. The quantitative estimate of drug-likeness (QED) is 0.00731. The van der Waals surface area contributed by atoms with Gasteiger partial charge in [0.05, 0.1) is 61.7 Å². The van der Waals surface area contributed by atoms with E-state index in [4.69, 9.17) is 38.1 Å². The largest absolute Gasteiger partial charge is 0.497 e. The molecule has 11 amide bonds. The van der Waals surface area contributed by atoms with E-state index in [0.717, 1.165) is 35.4 Å². The molecule has 0 bridgehead atoms. The number of esters is 2. The molecule has 142 heavy (non-hydrogen) atoms. The zero-order chi connectivity index (χ0) is 105. The van der Waals surface area contributed by atoms with Gasteiger partial charge in [0.2, 0.25) is 59.1 Å². The van der Waals surface area contributed by atoms with Crippen molar-refractivity contribution in [2.45, 2.75) is 297 Å². The third-order valence-corrected chi connectivity index (χ3v) is 22.2. The second-order valence-electron chi connectivity index (χ2n) is 39.8. The SMILES string of the molecule is C=CCOc1ccc(C[C@H](NC(=O)[C@H](CCC(=O)OC(C)(C)C)NC(=O)[C@@H](NC(=O)[C@H](CC(C)C)N(Cc2ccc(OC)cc2OC(C)=O)C(=O)[C@H](Cc2ccccc2)NC(=O)CNC(=O)[C@@H](NC(=O)[C@H](Cc2cn(C(c3ccccc3)(c3ccccc3)c3ccccc3)cn2)NC(=O)OC(C)(C)C)[C@@H](C)OC(C)(C)C)[C@@H](C)O)C(=O)N[C@H](C(=O)N[C@@H](C)C(=O)N[C@H](C(=O)O)[C@@H](C)OC(C)(C)C)C(C)C)cc1. The van der Waals surface area contributed by atoms with E-state index < -0.39 is 228 Å². The third kappa shape index (κ3) is 36.0. The van der Waals surface area contributed by atoms with E-state index in [0.29, 0.717) is 22.6 Å². The second kappa shape index (κ2) is 52.6. The summed E-state index contributed by atoms with van der Waals surface area (Å²) in [6.07, 6.45) is -2.35. The number of alkyl carbamates (subject to hydrolysis) is 1. The molecule has 0 radical (unpaired) electrons. The summed E-state index contributed by atoms with van der Waals surface area (Å²) in [5.74, 6) is -13.9. The van der Waals surface area contributed by atoms with Gasteiger partial charge >= 0.3 is 24.0 Å². The van der Waals surface area contributed by atoms with E-state index in [1.165, 1.54) is 52.2 Å². The van der Waals surface area contributed by atoms with Crippen LogP contribution in [0.2, 0.25) is 0 Å². The highest BCUT2D eigenvalue weighted by Gasteiger charge is 2.44. The van der Waals surface area contributed by atoms with E-state index in [-0.39, 0.29) is 49.4 Å². The predicted molar refractivity (Wildman–Crippen MR) is 532 cm³/mol. The van der Waals surface area contributed by atoms with Crippen LogP contribution < -0.4 is 67.4 Å². The number of hydrogen-bond donors (Lipinski definition) is 12. The molecule has 0 saturated heterocycles. The Kier molecular flexibility index (Phi) is 42.6. The smallest absolute Gasteiger partial charge is 0.408 e. The fourth-order valence-electron chi connectivity index (χ4n) is 15.8. The number of amides is 11. The molecule has 0 aliphatic carbocycles. The molecule has 36 heteroatoms. The van der Waals surface area contributed by atoms with E-state index in [1.807, 2.05) is 95.6 Å². The van der Waals surface area contributed by atoms with Crippen LogP contribution in [0.1, 0.15) is 204 Å². The standard InChI is InChI=1S/C106H143N13O23/c1-24-53-137-77-48-45-71(46-49-77)55-80(93(126)114-87(64(4)5)97(130)109-65(6)91(124)117-90(100(133)134)68(9)140-103(14,15)16)112-92(125)79(51-52-86(123)141-104(17,18)19)111-98(131)88(66(7)120)115-95(128)83(54-63(2)3)119(60-72-47-50-78(136-23)58-84(72)138-69(10)121)99(132)82(56-70-37-29-25-30-38-70)110-85(122)59-107-96(129)89(67(8)139-102(11,12)13)116-94(127)81(113-101(135)142-105(20,21)22)57-76-61-118(62-108-76)106(73-39-31-26-32-40-73,74-41-33-27-34-42-74)75-43-35-28-36-44-75/h24-50,58,61-68,79-83,87-90,120H,1,51-57,59-60H2,2-23H3,(H,107,129)(H,109,130)(H,110,122)(H,111,131)(H,112,125)(H,113,135)(H,114,126)(H,115,128)(H,116,127)(H,117,124)(H,133,134)/t65-,66+,67+,68+,79-,80-,81-,82-,83-,87-,88-,89-,90-/m0/s1. The number of ether oxygens (including phenoxy) is 7. The minimum absolute atomic E-state index is 0.102. The van der Waals surface area contributed by atoms with E-state index in [2.05, 4.69) is 59.7 Å². The van der Waals surface area contributed by atoms with Gasteiger partial charge in [-0.2, -0.15) is 0 Å². The normalized spacial score (nSPS) is 14.5. The summed E-state index contributed by atoms with van der Waals surface area (Å²) in [4.78, 5) is 211. The molecular weight excluding hydrogens is 1820 g/mol.